The SMILES string of the molecule is CC(NCC(C)(C)C(C)C)c1cccc(Cl)c1Cl. The molecule has 1 N–H and O–H groups in total. The Kier molecular flexibility index (Phi) is 5.51. The van der Waals surface area contributed by atoms with Gasteiger partial charge in [-0.15, -0.1) is 0 Å². The first-order valence-electron chi connectivity index (χ1n) is 6.43. The summed E-state index contributed by atoms with van der Waals surface area (Å²) in [7, 11) is 0. The van der Waals surface area contributed by atoms with Crippen molar-refractivity contribution in [2.75, 3.05) is 6.54 Å². The molecule has 102 valence electrons. The van der Waals surface area contributed by atoms with Crippen molar-refractivity contribution in [3.63, 3.8) is 0 Å². The van der Waals surface area contributed by atoms with Gasteiger partial charge in [-0.05, 0) is 29.9 Å². The lowest BCUT2D eigenvalue weighted by Gasteiger charge is -2.31. The van der Waals surface area contributed by atoms with Crippen molar-refractivity contribution in [1.29, 1.82) is 0 Å². The first-order chi connectivity index (χ1) is 8.25. The minimum Gasteiger partial charge on any atom is -0.310 e. The molecule has 1 aromatic carbocycles. The summed E-state index contributed by atoms with van der Waals surface area (Å²) < 4.78 is 0. The average molecular weight is 288 g/mol. The molecule has 1 unspecified atom stereocenters. The van der Waals surface area contributed by atoms with Crippen LogP contribution < -0.4 is 5.32 Å². The summed E-state index contributed by atoms with van der Waals surface area (Å²) in [6.07, 6.45) is 0. The number of hydrogen-bond donors (Lipinski definition) is 1. The van der Waals surface area contributed by atoms with Gasteiger partial charge in [-0.3, -0.25) is 0 Å². The highest BCUT2D eigenvalue weighted by Crippen LogP contribution is 2.31. The Labute approximate surface area is 121 Å². The Morgan fingerprint density at radius 1 is 1.17 bits per heavy atom. The van der Waals surface area contributed by atoms with Crippen LogP contribution in [0.15, 0.2) is 18.2 Å². The highest BCUT2D eigenvalue weighted by Gasteiger charge is 2.23. The van der Waals surface area contributed by atoms with Crippen molar-refractivity contribution in [2.45, 2.75) is 40.7 Å². The quantitative estimate of drug-likeness (QED) is 0.772. The van der Waals surface area contributed by atoms with Crippen LogP contribution in [0.5, 0.6) is 0 Å². The molecule has 18 heavy (non-hydrogen) atoms. The lowest BCUT2D eigenvalue weighted by atomic mass is 9.81. The van der Waals surface area contributed by atoms with Crippen molar-refractivity contribution >= 4 is 23.2 Å². The summed E-state index contributed by atoms with van der Waals surface area (Å²) in [6, 6.07) is 5.98. The Bertz CT molecular complexity index is 399. The molecule has 0 aliphatic heterocycles. The normalized spacial score (nSPS) is 14.0. The Morgan fingerprint density at radius 3 is 2.33 bits per heavy atom. The van der Waals surface area contributed by atoms with Gasteiger partial charge in [-0.1, -0.05) is 63.0 Å². The fraction of sp³-hybridized carbons (Fsp3) is 0.600. The smallest absolute Gasteiger partial charge is 0.0639 e. The third-order valence-corrected chi connectivity index (χ3v) is 4.71. The van der Waals surface area contributed by atoms with E-state index in [1.165, 1.54) is 0 Å². The van der Waals surface area contributed by atoms with Crippen LogP contribution >= 0.6 is 23.2 Å². The van der Waals surface area contributed by atoms with Crippen LogP contribution in [0.3, 0.4) is 0 Å². The van der Waals surface area contributed by atoms with E-state index in [4.69, 9.17) is 23.2 Å². The monoisotopic (exact) mass is 287 g/mol. The van der Waals surface area contributed by atoms with E-state index in [1.807, 2.05) is 18.2 Å². The number of hydrogen-bond acceptors (Lipinski definition) is 1. The standard InChI is InChI=1S/C15H23Cl2N/c1-10(2)15(4,5)9-18-11(3)12-7-6-8-13(16)14(12)17/h6-8,10-11,18H,9H2,1-5H3. The maximum Gasteiger partial charge on any atom is 0.0639 e. The van der Waals surface area contributed by atoms with E-state index in [9.17, 15) is 0 Å². The molecule has 1 nitrogen and oxygen atoms in total. The molecular formula is C15H23Cl2N. The third-order valence-electron chi connectivity index (χ3n) is 3.87. The second-order valence-corrected chi connectivity index (χ2v) is 6.67. The van der Waals surface area contributed by atoms with Gasteiger partial charge in [0.25, 0.3) is 0 Å². The van der Waals surface area contributed by atoms with E-state index < -0.39 is 0 Å². The van der Waals surface area contributed by atoms with Crippen LogP contribution in [-0.4, -0.2) is 6.54 Å². The number of halogens is 2. The van der Waals surface area contributed by atoms with Crippen molar-refractivity contribution in [1.82, 2.24) is 5.32 Å². The summed E-state index contributed by atoms with van der Waals surface area (Å²) in [5.41, 5.74) is 1.32. The molecule has 1 rings (SSSR count). The fourth-order valence-electron chi connectivity index (χ4n) is 1.59. The van der Waals surface area contributed by atoms with E-state index in [2.05, 4.69) is 39.9 Å². The second kappa shape index (κ2) is 6.27. The summed E-state index contributed by atoms with van der Waals surface area (Å²) in [4.78, 5) is 0. The minimum absolute atomic E-state index is 0.203. The van der Waals surface area contributed by atoms with Crippen LogP contribution in [0.25, 0.3) is 0 Å². The Balaban J connectivity index is 2.72. The summed E-state index contributed by atoms with van der Waals surface area (Å²) >= 11 is 12.3. The molecule has 0 spiro atoms. The van der Waals surface area contributed by atoms with Gasteiger partial charge in [0.05, 0.1) is 10.0 Å². The third kappa shape index (κ3) is 3.88. The van der Waals surface area contributed by atoms with Gasteiger partial charge in [0.1, 0.15) is 0 Å². The van der Waals surface area contributed by atoms with Crippen LogP contribution in [0.4, 0.5) is 0 Å². The van der Waals surface area contributed by atoms with Crippen LogP contribution in [0.2, 0.25) is 10.0 Å². The van der Waals surface area contributed by atoms with E-state index >= 15 is 0 Å². The van der Waals surface area contributed by atoms with Crippen molar-refractivity contribution < 1.29 is 0 Å². The topological polar surface area (TPSA) is 12.0 Å². The van der Waals surface area contributed by atoms with Gasteiger partial charge in [0, 0.05) is 12.6 Å². The number of rotatable bonds is 5. The first-order valence-corrected chi connectivity index (χ1v) is 7.18. The fourth-order valence-corrected chi connectivity index (χ4v) is 2.06. The lowest BCUT2D eigenvalue weighted by molar-refractivity contribution is 0.230. The minimum atomic E-state index is 0.203. The van der Waals surface area contributed by atoms with Crippen molar-refractivity contribution in [2.24, 2.45) is 11.3 Å². The van der Waals surface area contributed by atoms with Gasteiger partial charge in [-0.2, -0.15) is 0 Å². The molecular weight excluding hydrogens is 265 g/mol. The summed E-state index contributed by atoms with van der Waals surface area (Å²) in [6.45, 7) is 12.1. The molecule has 0 fully saturated rings. The van der Waals surface area contributed by atoms with Crippen LogP contribution in [-0.2, 0) is 0 Å². The van der Waals surface area contributed by atoms with Gasteiger partial charge in [-0.25, -0.2) is 0 Å². The predicted molar refractivity (Wildman–Crippen MR) is 81.5 cm³/mol. The second-order valence-electron chi connectivity index (χ2n) is 5.89. The van der Waals surface area contributed by atoms with E-state index in [0.717, 1.165) is 12.1 Å². The van der Waals surface area contributed by atoms with Crippen molar-refractivity contribution in [3.05, 3.63) is 33.8 Å². The predicted octanol–water partition coefficient (Wildman–Crippen LogP) is 5.33. The Morgan fingerprint density at radius 2 is 1.78 bits per heavy atom. The van der Waals surface area contributed by atoms with Crippen LogP contribution in [0, 0.1) is 11.3 Å². The molecule has 3 heteroatoms. The number of benzene rings is 1. The summed E-state index contributed by atoms with van der Waals surface area (Å²) in [5, 5.41) is 4.82. The first kappa shape index (κ1) is 15.8. The average Bonchev–Trinajstić information content (AvgIpc) is 2.29. The van der Waals surface area contributed by atoms with E-state index in [1.54, 1.807) is 0 Å². The number of nitrogens with one attached hydrogen (secondary N) is 1. The molecule has 0 radical (unpaired) electrons. The van der Waals surface area contributed by atoms with E-state index in [-0.39, 0.29) is 11.5 Å². The molecule has 0 amide bonds. The summed E-state index contributed by atoms with van der Waals surface area (Å²) in [5.74, 6) is 0.632. The maximum atomic E-state index is 6.23. The molecule has 0 saturated carbocycles. The highest BCUT2D eigenvalue weighted by molar-refractivity contribution is 6.42. The van der Waals surface area contributed by atoms with Gasteiger partial charge in [0.15, 0.2) is 0 Å². The molecule has 0 aromatic heterocycles. The molecule has 0 saturated heterocycles. The molecule has 1 aromatic rings. The van der Waals surface area contributed by atoms with Crippen molar-refractivity contribution in [3.8, 4) is 0 Å². The Hall–Kier alpha value is -0.240. The van der Waals surface area contributed by atoms with E-state index in [0.29, 0.717) is 16.0 Å². The van der Waals surface area contributed by atoms with Gasteiger partial charge < -0.3 is 5.32 Å². The highest BCUT2D eigenvalue weighted by atomic mass is 35.5. The maximum absolute atomic E-state index is 6.23. The largest absolute Gasteiger partial charge is 0.310 e. The molecule has 0 aliphatic rings. The molecule has 0 bridgehead atoms. The molecule has 0 aliphatic carbocycles. The molecule has 0 heterocycles. The van der Waals surface area contributed by atoms with Crippen LogP contribution in [0.1, 0.15) is 46.2 Å². The van der Waals surface area contributed by atoms with Gasteiger partial charge >= 0.3 is 0 Å². The molecule has 1 atom stereocenters. The zero-order valence-electron chi connectivity index (χ0n) is 11.8. The zero-order valence-corrected chi connectivity index (χ0v) is 13.4. The lowest BCUT2D eigenvalue weighted by Crippen LogP contribution is -2.34. The van der Waals surface area contributed by atoms with Gasteiger partial charge in [0.2, 0.25) is 0 Å². The zero-order chi connectivity index (χ0) is 13.9.